The van der Waals surface area contributed by atoms with Crippen LogP contribution in [0.25, 0.3) is 0 Å². The largest absolute Gasteiger partial charge is 0.496 e. The molecule has 0 aliphatic rings. The summed E-state index contributed by atoms with van der Waals surface area (Å²) in [5, 5.41) is 8.96. The van der Waals surface area contributed by atoms with Gasteiger partial charge >= 0.3 is 0 Å². The molecule has 0 aliphatic heterocycles. The average Bonchev–Trinajstić information content (AvgIpc) is 2.28. The number of aliphatic hydroxyl groups excluding tert-OH is 1. The third-order valence-electron chi connectivity index (χ3n) is 3.08. The fourth-order valence-electron chi connectivity index (χ4n) is 2.04. The number of hydrogen-bond acceptors (Lipinski definition) is 3. The van der Waals surface area contributed by atoms with E-state index in [-0.39, 0.29) is 12.6 Å². The van der Waals surface area contributed by atoms with Gasteiger partial charge in [-0.05, 0) is 42.0 Å². The summed E-state index contributed by atoms with van der Waals surface area (Å²) in [5.74, 6) is 1.31. The molecule has 0 amide bonds. The molecule has 3 N–H and O–H groups in total. The van der Waals surface area contributed by atoms with E-state index in [1.54, 1.807) is 7.11 Å². The van der Waals surface area contributed by atoms with Gasteiger partial charge in [0.05, 0.1) is 7.11 Å². The van der Waals surface area contributed by atoms with E-state index in [4.69, 9.17) is 15.6 Å². The van der Waals surface area contributed by atoms with Gasteiger partial charge in [0.1, 0.15) is 5.75 Å². The first-order valence-corrected chi connectivity index (χ1v) is 6.06. The molecule has 0 fully saturated rings. The molecule has 0 bridgehead atoms. The lowest BCUT2D eigenvalue weighted by Gasteiger charge is -2.19. The highest BCUT2D eigenvalue weighted by molar-refractivity contribution is 5.45. The molecule has 3 heteroatoms. The van der Waals surface area contributed by atoms with Gasteiger partial charge in [-0.1, -0.05) is 19.9 Å². The van der Waals surface area contributed by atoms with Gasteiger partial charge in [-0.2, -0.15) is 0 Å². The summed E-state index contributed by atoms with van der Waals surface area (Å²) in [6.07, 6.45) is 0.588. The molecule has 0 aliphatic carbocycles. The van der Waals surface area contributed by atoms with Crippen LogP contribution in [-0.2, 0) is 0 Å². The van der Waals surface area contributed by atoms with E-state index in [1.165, 1.54) is 5.56 Å². The second kappa shape index (κ2) is 6.03. The highest BCUT2D eigenvalue weighted by Gasteiger charge is 2.15. The van der Waals surface area contributed by atoms with Crippen molar-refractivity contribution in [3.63, 3.8) is 0 Å². The predicted molar refractivity (Wildman–Crippen MR) is 70.5 cm³/mol. The van der Waals surface area contributed by atoms with E-state index >= 15 is 0 Å². The molecular weight excluding hydrogens is 214 g/mol. The van der Waals surface area contributed by atoms with Crippen LogP contribution in [0.5, 0.6) is 5.75 Å². The van der Waals surface area contributed by atoms with Gasteiger partial charge in [-0.25, -0.2) is 0 Å². The Bertz CT molecular complexity index is 375. The zero-order valence-corrected chi connectivity index (χ0v) is 11.2. The molecule has 0 spiro atoms. The molecule has 1 atom stereocenters. The molecule has 1 rings (SSSR count). The Morgan fingerprint density at radius 2 is 1.94 bits per heavy atom. The van der Waals surface area contributed by atoms with Crippen molar-refractivity contribution in [3.05, 3.63) is 28.8 Å². The van der Waals surface area contributed by atoms with Crippen LogP contribution >= 0.6 is 0 Å². The van der Waals surface area contributed by atoms with Crippen molar-refractivity contribution in [3.8, 4) is 5.75 Å². The minimum atomic E-state index is -0.108. The zero-order chi connectivity index (χ0) is 13.0. The van der Waals surface area contributed by atoms with Crippen LogP contribution in [-0.4, -0.2) is 18.8 Å². The van der Waals surface area contributed by atoms with Crippen molar-refractivity contribution >= 4 is 0 Å². The number of ether oxygens (including phenoxy) is 1. The van der Waals surface area contributed by atoms with Crippen LogP contribution in [0.1, 0.15) is 48.9 Å². The minimum absolute atomic E-state index is 0.108. The third-order valence-corrected chi connectivity index (χ3v) is 3.08. The van der Waals surface area contributed by atoms with Gasteiger partial charge in [0.15, 0.2) is 0 Å². The van der Waals surface area contributed by atoms with Gasteiger partial charge in [-0.15, -0.1) is 0 Å². The van der Waals surface area contributed by atoms with E-state index < -0.39 is 0 Å². The predicted octanol–water partition coefficient (Wildman–Crippen LogP) is 2.51. The number of hydrogen-bond donors (Lipinski definition) is 2. The zero-order valence-electron chi connectivity index (χ0n) is 11.2. The maximum absolute atomic E-state index is 8.96. The van der Waals surface area contributed by atoms with Gasteiger partial charge in [0.2, 0.25) is 0 Å². The monoisotopic (exact) mass is 237 g/mol. The first-order valence-electron chi connectivity index (χ1n) is 6.06. The lowest BCUT2D eigenvalue weighted by atomic mass is 9.92. The standard InChI is InChI=1S/C14H23NO2/c1-9(2)11-8-12(13(15)5-6-16)10(3)7-14(11)17-4/h7-9,13,16H,5-6,15H2,1-4H3. The highest BCUT2D eigenvalue weighted by atomic mass is 16.5. The fourth-order valence-corrected chi connectivity index (χ4v) is 2.04. The molecule has 1 aromatic rings. The van der Waals surface area contributed by atoms with Crippen LogP contribution in [0.2, 0.25) is 0 Å². The summed E-state index contributed by atoms with van der Waals surface area (Å²) in [7, 11) is 1.69. The number of nitrogens with two attached hydrogens (primary N) is 1. The van der Waals surface area contributed by atoms with Crippen LogP contribution < -0.4 is 10.5 Å². The van der Waals surface area contributed by atoms with Gasteiger partial charge < -0.3 is 15.6 Å². The fraction of sp³-hybridized carbons (Fsp3) is 0.571. The van der Waals surface area contributed by atoms with Crippen molar-refractivity contribution in [2.24, 2.45) is 5.73 Å². The second-order valence-electron chi connectivity index (χ2n) is 4.72. The van der Waals surface area contributed by atoms with Gasteiger partial charge in [-0.3, -0.25) is 0 Å². The van der Waals surface area contributed by atoms with Gasteiger partial charge in [0, 0.05) is 12.6 Å². The molecule has 0 saturated carbocycles. The topological polar surface area (TPSA) is 55.5 Å². The Balaban J connectivity index is 3.19. The summed E-state index contributed by atoms with van der Waals surface area (Å²) in [6, 6.07) is 4.03. The minimum Gasteiger partial charge on any atom is -0.496 e. The normalized spacial score (nSPS) is 12.9. The Hall–Kier alpha value is -1.06. The van der Waals surface area contributed by atoms with Crippen LogP contribution in [0, 0.1) is 6.92 Å². The lowest BCUT2D eigenvalue weighted by molar-refractivity contribution is 0.276. The second-order valence-corrected chi connectivity index (χ2v) is 4.72. The van der Waals surface area contributed by atoms with Crippen molar-refractivity contribution in [2.75, 3.05) is 13.7 Å². The van der Waals surface area contributed by atoms with E-state index in [0.29, 0.717) is 12.3 Å². The van der Waals surface area contributed by atoms with E-state index in [9.17, 15) is 0 Å². The summed E-state index contributed by atoms with van der Waals surface area (Å²) >= 11 is 0. The summed E-state index contributed by atoms with van der Waals surface area (Å²) in [5.41, 5.74) is 9.45. The van der Waals surface area contributed by atoms with Crippen molar-refractivity contribution in [1.29, 1.82) is 0 Å². The molecule has 17 heavy (non-hydrogen) atoms. The quantitative estimate of drug-likeness (QED) is 0.827. The molecule has 0 saturated heterocycles. The van der Waals surface area contributed by atoms with Crippen LogP contribution in [0.4, 0.5) is 0 Å². The average molecular weight is 237 g/mol. The molecule has 0 aromatic heterocycles. The number of aryl methyl sites for hydroxylation is 1. The van der Waals surface area contributed by atoms with Gasteiger partial charge in [0.25, 0.3) is 0 Å². The molecule has 96 valence electrons. The van der Waals surface area contributed by atoms with Crippen LogP contribution in [0.15, 0.2) is 12.1 Å². The Kier molecular flexibility index (Phi) is 4.97. The van der Waals surface area contributed by atoms with E-state index in [1.807, 2.05) is 13.0 Å². The first-order chi connectivity index (χ1) is 8.01. The third kappa shape index (κ3) is 3.20. The number of methoxy groups -OCH3 is 1. The first kappa shape index (κ1) is 14.0. The summed E-state index contributed by atoms with van der Waals surface area (Å²) < 4.78 is 5.39. The maximum Gasteiger partial charge on any atom is 0.122 e. The van der Waals surface area contributed by atoms with Crippen LogP contribution in [0.3, 0.4) is 0 Å². The smallest absolute Gasteiger partial charge is 0.122 e. The summed E-state index contributed by atoms with van der Waals surface area (Å²) in [6.45, 7) is 6.41. The SMILES string of the molecule is COc1cc(C)c(C(N)CCO)cc1C(C)C. The maximum atomic E-state index is 8.96. The molecule has 0 heterocycles. The van der Waals surface area contributed by atoms with E-state index in [2.05, 4.69) is 19.9 Å². The van der Waals surface area contributed by atoms with Crippen molar-refractivity contribution < 1.29 is 9.84 Å². The molecular formula is C14H23NO2. The van der Waals surface area contributed by atoms with E-state index in [0.717, 1.165) is 16.9 Å². The van der Waals surface area contributed by atoms with Crippen molar-refractivity contribution in [2.45, 2.75) is 39.2 Å². The molecule has 0 radical (unpaired) electrons. The lowest BCUT2D eigenvalue weighted by Crippen LogP contribution is -2.14. The molecule has 1 aromatic carbocycles. The Morgan fingerprint density at radius 3 is 2.41 bits per heavy atom. The Labute approximate surface area is 104 Å². The number of rotatable bonds is 5. The summed E-state index contributed by atoms with van der Waals surface area (Å²) in [4.78, 5) is 0. The number of aliphatic hydroxyl groups is 1. The molecule has 3 nitrogen and oxygen atoms in total. The molecule has 1 unspecified atom stereocenters. The Morgan fingerprint density at radius 1 is 1.29 bits per heavy atom. The number of benzene rings is 1. The van der Waals surface area contributed by atoms with Crippen molar-refractivity contribution in [1.82, 2.24) is 0 Å². The highest BCUT2D eigenvalue weighted by Crippen LogP contribution is 2.32.